The van der Waals surface area contributed by atoms with Crippen LogP contribution in [0.4, 0.5) is 5.69 Å². The van der Waals surface area contributed by atoms with E-state index in [1.54, 1.807) is 0 Å². The lowest BCUT2D eigenvalue weighted by molar-refractivity contribution is 0.0690. The molecule has 0 bridgehead atoms. The van der Waals surface area contributed by atoms with Gasteiger partial charge in [0.15, 0.2) is 0 Å². The smallest absolute Gasteiger partial charge is 0.254 e. The van der Waals surface area contributed by atoms with Gasteiger partial charge in [-0.25, -0.2) is 4.58 Å². The van der Waals surface area contributed by atoms with E-state index in [2.05, 4.69) is 86.6 Å². The van der Waals surface area contributed by atoms with Crippen molar-refractivity contribution in [1.82, 2.24) is 9.48 Å². The van der Waals surface area contributed by atoms with E-state index in [-0.39, 0.29) is 5.91 Å². The molecule has 0 spiro atoms. The zero-order chi connectivity index (χ0) is 40.7. The minimum atomic E-state index is 0.00369. The van der Waals surface area contributed by atoms with Crippen molar-refractivity contribution in [2.75, 3.05) is 57.9 Å². The summed E-state index contributed by atoms with van der Waals surface area (Å²) in [7, 11) is 1.89. The number of anilines is 1. The standard InChI is InChI=1S/C51H78N3O3/c1-7-12-13-14-15-16-17-18-19-20-21-22-23-24-25-26-27-30-38-56-39-37-52(6)51(55)45-32-29-28-31-44(45)50-46-35-33-42(53(8-2)9-3)40-48(46)57-49-41-43(34-36-47(49)50)54(10-4)11-5/h28-29,31-36,40-41H,7-27,30,37-39H2,1-6H3/q+1. The van der Waals surface area contributed by atoms with Crippen LogP contribution in [0.15, 0.2) is 65.1 Å². The molecule has 314 valence electrons. The highest BCUT2D eigenvalue weighted by molar-refractivity contribution is 6.09. The predicted octanol–water partition coefficient (Wildman–Crippen LogP) is 13.0. The zero-order valence-corrected chi connectivity index (χ0v) is 37.0. The van der Waals surface area contributed by atoms with Crippen LogP contribution in [0, 0.1) is 0 Å². The molecule has 0 fully saturated rings. The van der Waals surface area contributed by atoms with Gasteiger partial charge in [0, 0.05) is 73.2 Å². The normalized spacial score (nSPS) is 11.5. The Morgan fingerprint density at radius 2 is 1.21 bits per heavy atom. The summed E-state index contributed by atoms with van der Waals surface area (Å²) in [6.45, 7) is 16.5. The fourth-order valence-electron chi connectivity index (χ4n) is 8.33. The van der Waals surface area contributed by atoms with E-state index in [0.717, 1.165) is 83.7 Å². The molecule has 6 nitrogen and oxygen atoms in total. The summed E-state index contributed by atoms with van der Waals surface area (Å²) in [4.78, 5) is 18.3. The van der Waals surface area contributed by atoms with E-state index >= 15 is 0 Å². The van der Waals surface area contributed by atoms with Crippen LogP contribution >= 0.6 is 0 Å². The summed E-state index contributed by atoms with van der Waals surface area (Å²) in [6.07, 6.45) is 24.8. The average Bonchev–Trinajstić information content (AvgIpc) is 3.23. The summed E-state index contributed by atoms with van der Waals surface area (Å²) in [6, 6.07) is 21.0. The first-order chi connectivity index (χ1) is 28.0. The molecule has 1 aliphatic heterocycles. The molecule has 0 saturated heterocycles. The summed E-state index contributed by atoms with van der Waals surface area (Å²) in [5.41, 5.74) is 5.61. The summed E-state index contributed by atoms with van der Waals surface area (Å²) in [5.74, 6) is 0.825. The lowest BCUT2D eigenvalue weighted by atomic mass is 9.90. The first-order valence-electron chi connectivity index (χ1n) is 23.2. The Morgan fingerprint density at radius 1 is 0.632 bits per heavy atom. The molecule has 1 heterocycles. The van der Waals surface area contributed by atoms with Gasteiger partial charge in [-0.2, -0.15) is 0 Å². The van der Waals surface area contributed by atoms with Gasteiger partial charge in [-0.1, -0.05) is 134 Å². The van der Waals surface area contributed by atoms with Gasteiger partial charge >= 0.3 is 0 Å². The molecule has 6 heteroatoms. The molecule has 1 amide bonds. The second-order valence-corrected chi connectivity index (χ2v) is 16.1. The molecule has 2 aliphatic rings. The minimum absolute atomic E-state index is 0.00369. The number of unbranched alkanes of at least 4 members (excludes halogenated alkanes) is 17. The highest BCUT2D eigenvalue weighted by atomic mass is 16.5. The highest BCUT2D eigenvalue weighted by Crippen LogP contribution is 2.42. The van der Waals surface area contributed by atoms with Gasteiger partial charge in [0.1, 0.15) is 24.4 Å². The van der Waals surface area contributed by atoms with Crippen LogP contribution in [-0.4, -0.2) is 63.8 Å². The molecule has 0 unspecified atom stereocenters. The van der Waals surface area contributed by atoms with Crippen molar-refractivity contribution in [3.05, 3.63) is 71.6 Å². The van der Waals surface area contributed by atoms with Crippen molar-refractivity contribution >= 4 is 22.6 Å². The van der Waals surface area contributed by atoms with Crippen molar-refractivity contribution in [3.63, 3.8) is 0 Å². The van der Waals surface area contributed by atoms with E-state index in [9.17, 15) is 4.79 Å². The molecule has 4 rings (SSSR count). The average molecular weight is 781 g/mol. The number of benzene rings is 3. The summed E-state index contributed by atoms with van der Waals surface area (Å²) in [5, 5.41) is 2.14. The topological polar surface area (TPSA) is 48.9 Å². The number of hydrogen-bond acceptors (Lipinski definition) is 4. The minimum Gasteiger partial charge on any atom is -0.456 e. The summed E-state index contributed by atoms with van der Waals surface area (Å²) >= 11 is 0. The Kier molecular flexibility index (Phi) is 21.3. The van der Waals surface area contributed by atoms with Crippen molar-refractivity contribution < 1.29 is 13.9 Å². The Morgan fingerprint density at radius 3 is 1.79 bits per heavy atom. The molecule has 2 aromatic rings. The number of fused-ring (bicyclic) bond motifs is 2. The van der Waals surface area contributed by atoms with Gasteiger partial charge in [-0.15, -0.1) is 0 Å². The van der Waals surface area contributed by atoms with Crippen LogP contribution < -0.4 is 14.8 Å². The van der Waals surface area contributed by atoms with Crippen LogP contribution in [0.25, 0.3) is 33.4 Å². The maximum Gasteiger partial charge on any atom is 0.254 e. The fourth-order valence-corrected chi connectivity index (χ4v) is 8.33. The molecular weight excluding hydrogens is 703 g/mol. The molecule has 0 saturated carbocycles. The molecular formula is C51H78N3O3+. The van der Waals surface area contributed by atoms with Crippen LogP contribution in [0.5, 0.6) is 0 Å². The lowest BCUT2D eigenvalue weighted by Gasteiger charge is -2.23. The molecule has 0 aromatic heterocycles. The Balaban J connectivity index is 1.26. The van der Waals surface area contributed by atoms with Gasteiger partial charge in [0.25, 0.3) is 5.91 Å². The van der Waals surface area contributed by atoms with Gasteiger partial charge in [-0.3, -0.25) is 4.79 Å². The Labute approximate surface area is 347 Å². The van der Waals surface area contributed by atoms with Crippen molar-refractivity contribution in [2.45, 2.75) is 150 Å². The molecule has 1 aliphatic carbocycles. The lowest BCUT2D eigenvalue weighted by Crippen LogP contribution is -2.30. The number of rotatable bonds is 29. The Bertz CT molecular complexity index is 1770. The van der Waals surface area contributed by atoms with Crippen LogP contribution in [0.1, 0.15) is 161 Å². The SMILES string of the molecule is CCCCCCCCCCCCCCCCCCCCOCCN(C)C(=O)c1ccccc1-c1c2ccc(=[N+](CC)CC)cc-2oc2cc(N(CC)CC)ccc12. The maximum absolute atomic E-state index is 14.1. The number of carbonyl (C=O) groups excluding carboxylic acids is 1. The Hall–Kier alpha value is -3.64. The monoisotopic (exact) mass is 781 g/mol. The first kappa shape index (κ1) is 46.1. The van der Waals surface area contributed by atoms with Gasteiger partial charge in [0.05, 0.1) is 12.7 Å². The predicted molar refractivity (Wildman–Crippen MR) is 245 cm³/mol. The highest BCUT2D eigenvalue weighted by Gasteiger charge is 2.24. The third-order valence-corrected chi connectivity index (χ3v) is 11.9. The molecule has 0 N–H and O–H groups in total. The van der Waals surface area contributed by atoms with Gasteiger partial charge in [-0.05, 0) is 63.9 Å². The zero-order valence-electron chi connectivity index (χ0n) is 37.0. The second-order valence-electron chi connectivity index (χ2n) is 16.1. The quantitative estimate of drug-likeness (QED) is 0.0313. The third-order valence-electron chi connectivity index (χ3n) is 11.9. The van der Waals surface area contributed by atoms with Crippen LogP contribution in [0.2, 0.25) is 0 Å². The molecule has 2 aromatic carbocycles. The number of amides is 1. The fraction of sp³-hybridized carbons (Fsp3) is 0.608. The second kappa shape index (κ2) is 26.4. The van der Waals surface area contributed by atoms with Crippen LogP contribution in [-0.2, 0) is 4.74 Å². The largest absolute Gasteiger partial charge is 0.456 e. The number of likely N-dealkylation sites (N-methyl/N-ethyl adjacent to an activating group) is 1. The van der Waals surface area contributed by atoms with E-state index in [0.29, 0.717) is 18.7 Å². The van der Waals surface area contributed by atoms with Crippen LogP contribution in [0.3, 0.4) is 0 Å². The van der Waals surface area contributed by atoms with Gasteiger partial charge < -0.3 is 19.0 Å². The van der Waals surface area contributed by atoms with Gasteiger partial charge in [0.2, 0.25) is 5.36 Å². The number of nitrogens with zero attached hydrogens (tertiary/aromatic N) is 3. The maximum atomic E-state index is 14.1. The van der Waals surface area contributed by atoms with E-state index in [1.165, 1.54) is 109 Å². The molecule has 0 radical (unpaired) electrons. The third kappa shape index (κ3) is 14.3. The van der Waals surface area contributed by atoms with Crippen molar-refractivity contribution in [3.8, 4) is 22.5 Å². The van der Waals surface area contributed by atoms with E-state index in [4.69, 9.17) is 9.15 Å². The first-order valence-corrected chi connectivity index (χ1v) is 23.2. The number of carbonyl (C=O) groups is 1. The number of hydrogen-bond donors (Lipinski definition) is 0. The van der Waals surface area contributed by atoms with Crippen molar-refractivity contribution in [2.24, 2.45) is 0 Å². The molecule has 0 atom stereocenters. The molecule has 57 heavy (non-hydrogen) atoms. The van der Waals surface area contributed by atoms with E-state index in [1.807, 2.05) is 30.1 Å². The van der Waals surface area contributed by atoms with E-state index < -0.39 is 0 Å². The van der Waals surface area contributed by atoms with Crippen molar-refractivity contribution in [1.29, 1.82) is 0 Å². The number of ether oxygens (including phenoxy) is 1. The summed E-state index contributed by atoms with van der Waals surface area (Å²) < 4.78 is 15.1.